The van der Waals surface area contributed by atoms with Gasteiger partial charge in [-0.25, -0.2) is 0 Å². The van der Waals surface area contributed by atoms with E-state index in [9.17, 15) is 0 Å². The second-order valence-corrected chi connectivity index (χ2v) is 4.99. The topological polar surface area (TPSA) is 18.5 Å². The number of rotatable bonds is 3. The van der Waals surface area contributed by atoms with Crippen molar-refractivity contribution in [3.63, 3.8) is 0 Å². The smallest absolute Gasteiger partial charge is 0.118 e. The van der Waals surface area contributed by atoms with Gasteiger partial charge in [-0.15, -0.1) is 0 Å². The van der Waals surface area contributed by atoms with Gasteiger partial charge in [0.1, 0.15) is 5.75 Å². The Kier molecular flexibility index (Phi) is 3.25. The minimum absolute atomic E-state index is 0.205. The highest BCUT2D eigenvalue weighted by molar-refractivity contribution is 5.33. The Hall–Kier alpha value is -1.28. The van der Waals surface area contributed by atoms with E-state index in [0.29, 0.717) is 12.5 Å². The number of methoxy groups -OCH3 is 1. The first-order chi connectivity index (χ1) is 8.08. The van der Waals surface area contributed by atoms with Crippen molar-refractivity contribution in [2.45, 2.75) is 25.9 Å². The molecule has 0 amide bonds. The molecule has 0 spiro atoms. The van der Waals surface area contributed by atoms with E-state index in [4.69, 9.17) is 9.47 Å². The van der Waals surface area contributed by atoms with Crippen LogP contribution in [0.3, 0.4) is 0 Å². The summed E-state index contributed by atoms with van der Waals surface area (Å²) in [6.07, 6.45) is 0.914. The van der Waals surface area contributed by atoms with E-state index < -0.39 is 0 Å². The van der Waals surface area contributed by atoms with Crippen LogP contribution in [0.25, 0.3) is 0 Å². The highest BCUT2D eigenvalue weighted by Gasteiger charge is 2.41. The normalized spacial score (nSPS) is 24.4. The molecule has 0 aromatic heterocycles. The van der Waals surface area contributed by atoms with Crippen LogP contribution in [0.1, 0.15) is 25.8 Å². The van der Waals surface area contributed by atoms with Crippen LogP contribution < -0.4 is 4.74 Å². The molecule has 1 heterocycles. The third kappa shape index (κ3) is 2.09. The van der Waals surface area contributed by atoms with E-state index in [1.165, 1.54) is 11.1 Å². The molecule has 17 heavy (non-hydrogen) atoms. The molecule has 2 nitrogen and oxygen atoms in total. The van der Waals surface area contributed by atoms with Crippen LogP contribution in [-0.4, -0.2) is 13.7 Å². The molecule has 0 unspecified atom stereocenters. The van der Waals surface area contributed by atoms with Gasteiger partial charge in [-0.2, -0.15) is 0 Å². The van der Waals surface area contributed by atoms with Crippen molar-refractivity contribution in [2.75, 3.05) is 13.7 Å². The standard InChI is InChI=1S/C15H20O2/c1-11(2)15(9-12(3)10-17-15)13-5-7-14(16-4)8-6-13/h5-8,11H,3,9-10H2,1-2,4H3/t15-/m0/s1. The molecule has 0 aliphatic carbocycles. The zero-order valence-corrected chi connectivity index (χ0v) is 10.8. The quantitative estimate of drug-likeness (QED) is 0.742. The Morgan fingerprint density at radius 2 is 1.94 bits per heavy atom. The molecule has 1 aliphatic rings. The predicted molar refractivity (Wildman–Crippen MR) is 69.2 cm³/mol. The summed E-state index contributed by atoms with van der Waals surface area (Å²) in [6, 6.07) is 8.17. The van der Waals surface area contributed by atoms with Crippen molar-refractivity contribution < 1.29 is 9.47 Å². The first-order valence-electron chi connectivity index (χ1n) is 6.03. The minimum atomic E-state index is -0.205. The Morgan fingerprint density at radius 1 is 1.29 bits per heavy atom. The van der Waals surface area contributed by atoms with Gasteiger partial charge in [-0.05, 0) is 29.2 Å². The van der Waals surface area contributed by atoms with Crippen molar-refractivity contribution in [1.82, 2.24) is 0 Å². The molecule has 2 heteroatoms. The van der Waals surface area contributed by atoms with Gasteiger partial charge >= 0.3 is 0 Å². The molecule has 0 saturated carbocycles. The lowest BCUT2D eigenvalue weighted by Crippen LogP contribution is -2.31. The lowest BCUT2D eigenvalue weighted by molar-refractivity contribution is -0.0379. The Balaban J connectivity index is 2.36. The first-order valence-corrected chi connectivity index (χ1v) is 6.03. The average molecular weight is 232 g/mol. The van der Waals surface area contributed by atoms with Crippen LogP contribution in [0.2, 0.25) is 0 Å². The summed E-state index contributed by atoms with van der Waals surface area (Å²) < 4.78 is 11.2. The van der Waals surface area contributed by atoms with E-state index in [2.05, 4.69) is 32.6 Å². The molecule has 0 bridgehead atoms. The van der Waals surface area contributed by atoms with Gasteiger partial charge in [0.05, 0.1) is 19.3 Å². The summed E-state index contributed by atoms with van der Waals surface area (Å²) in [4.78, 5) is 0. The van der Waals surface area contributed by atoms with Gasteiger partial charge in [0, 0.05) is 6.42 Å². The molecular formula is C15H20O2. The van der Waals surface area contributed by atoms with Crippen LogP contribution in [-0.2, 0) is 10.3 Å². The van der Waals surface area contributed by atoms with Gasteiger partial charge < -0.3 is 9.47 Å². The van der Waals surface area contributed by atoms with Gasteiger partial charge in [-0.1, -0.05) is 32.6 Å². The van der Waals surface area contributed by atoms with E-state index >= 15 is 0 Å². The minimum Gasteiger partial charge on any atom is -0.497 e. The SMILES string of the molecule is C=C1CO[C@](c2ccc(OC)cc2)(C(C)C)C1. The number of hydrogen-bond acceptors (Lipinski definition) is 2. The predicted octanol–water partition coefficient (Wildman–Crippen LogP) is 3.52. The molecule has 1 aliphatic heterocycles. The van der Waals surface area contributed by atoms with E-state index in [0.717, 1.165) is 12.2 Å². The molecular weight excluding hydrogens is 212 g/mol. The summed E-state index contributed by atoms with van der Waals surface area (Å²) in [7, 11) is 1.68. The summed E-state index contributed by atoms with van der Waals surface area (Å²) in [5.74, 6) is 1.31. The number of ether oxygens (including phenoxy) is 2. The largest absolute Gasteiger partial charge is 0.497 e. The maximum Gasteiger partial charge on any atom is 0.118 e. The fourth-order valence-corrected chi connectivity index (χ4v) is 2.47. The van der Waals surface area contributed by atoms with Crippen LogP contribution >= 0.6 is 0 Å². The zero-order valence-electron chi connectivity index (χ0n) is 10.8. The maximum absolute atomic E-state index is 6.03. The summed E-state index contributed by atoms with van der Waals surface area (Å²) in [6.45, 7) is 9.11. The van der Waals surface area contributed by atoms with Crippen molar-refractivity contribution in [3.8, 4) is 5.75 Å². The molecule has 1 saturated heterocycles. The fourth-order valence-electron chi connectivity index (χ4n) is 2.47. The van der Waals surface area contributed by atoms with Crippen molar-refractivity contribution in [3.05, 3.63) is 42.0 Å². The van der Waals surface area contributed by atoms with Gasteiger partial charge in [0.15, 0.2) is 0 Å². The highest BCUT2D eigenvalue weighted by Crippen LogP contribution is 2.44. The van der Waals surface area contributed by atoms with Crippen molar-refractivity contribution >= 4 is 0 Å². The molecule has 1 fully saturated rings. The lowest BCUT2D eigenvalue weighted by Gasteiger charge is -2.33. The molecule has 1 aromatic rings. The third-order valence-corrected chi connectivity index (χ3v) is 3.56. The Bertz CT molecular complexity index is 405. The van der Waals surface area contributed by atoms with Gasteiger partial charge in [0.25, 0.3) is 0 Å². The van der Waals surface area contributed by atoms with Gasteiger partial charge in [-0.3, -0.25) is 0 Å². The van der Waals surface area contributed by atoms with Crippen LogP contribution in [0.15, 0.2) is 36.4 Å². The monoisotopic (exact) mass is 232 g/mol. The van der Waals surface area contributed by atoms with E-state index in [-0.39, 0.29) is 5.60 Å². The third-order valence-electron chi connectivity index (χ3n) is 3.56. The second kappa shape index (κ2) is 4.53. The molecule has 1 atom stereocenters. The zero-order chi connectivity index (χ0) is 12.5. The molecule has 0 N–H and O–H groups in total. The van der Waals surface area contributed by atoms with E-state index in [1.807, 2.05) is 12.1 Å². The Labute approximate surface area is 103 Å². The molecule has 1 aromatic carbocycles. The van der Waals surface area contributed by atoms with Crippen LogP contribution in [0.4, 0.5) is 0 Å². The van der Waals surface area contributed by atoms with E-state index in [1.54, 1.807) is 7.11 Å². The van der Waals surface area contributed by atoms with Crippen LogP contribution in [0.5, 0.6) is 5.75 Å². The van der Waals surface area contributed by atoms with Crippen LogP contribution in [0, 0.1) is 5.92 Å². The maximum atomic E-state index is 6.03. The first kappa shape index (κ1) is 12.2. The number of hydrogen-bond donors (Lipinski definition) is 0. The molecule has 2 rings (SSSR count). The molecule has 92 valence electrons. The second-order valence-electron chi connectivity index (χ2n) is 4.99. The van der Waals surface area contributed by atoms with Crippen molar-refractivity contribution in [1.29, 1.82) is 0 Å². The summed E-state index contributed by atoms with van der Waals surface area (Å²) in [5.41, 5.74) is 2.19. The average Bonchev–Trinajstić information content (AvgIpc) is 2.73. The lowest BCUT2D eigenvalue weighted by atomic mass is 9.80. The fraction of sp³-hybridized carbons (Fsp3) is 0.467. The summed E-state index contributed by atoms with van der Waals surface area (Å²) in [5, 5.41) is 0. The van der Waals surface area contributed by atoms with Crippen molar-refractivity contribution in [2.24, 2.45) is 5.92 Å². The summed E-state index contributed by atoms with van der Waals surface area (Å²) >= 11 is 0. The number of benzene rings is 1. The van der Waals surface area contributed by atoms with Gasteiger partial charge in [0.2, 0.25) is 0 Å². The highest BCUT2D eigenvalue weighted by atomic mass is 16.5. The molecule has 0 radical (unpaired) electrons. The Morgan fingerprint density at radius 3 is 2.35 bits per heavy atom.